The molecule has 0 saturated carbocycles. The van der Waals surface area contributed by atoms with Crippen LogP contribution in [0.3, 0.4) is 0 Å². The number of benzene rings is 1. The van der Waals surface area contributed by atoms with Crippen LogP contribution >= 0.6 is 0 Å². The molecule has 2 amide bonds. The Bertz CT molecular complexity index is 504. The van der Waals surface area contributed by atoms with Gasteiger partial charge in [0.25, 0.3) is 5.91 Å². The molecule has 0 aromatic heterocycles. The van der Waals surface area contributed by atoms with Crippen molar-refractivity contribution in [1.29, 1.82) is 0 Å². The van der Waals surface area contributed by atoms with E-state index in [0.717, 1.165) is 0 Å². The molecule has 1 aromatic rings. The van der Waals surface area contributed by atoms with Crippen LogP contribution in [0.5, 0.6) is 5.75 Å². The number of carbonyl (C=O) groups is 2. The van der Waals surface area contributed by atoms with Gasteiger partial charge in [0, 0.05) is 37.8 Å². The van der Waals surface area contributed by atoms with Crippen LogP contribution in [0.1, 0.15) is 12.8 Å². The van der Waals surface area contributed by atoms with E-state index in [1.54, 1.807) is 36.2 Å². The molecule has 6 heteroatoms. The number of anilines is 1. The minimum Gasteiger partial charge on any atom is -0.484 e. The Morgan fingerprint density at radius 3 is 3.05 bits per heavy atom. The second kappa shape index (κ2) is 6.27. The molecule has 1 aliphatic heterocycles. The SMILES string of the molecule is CN1CC(NC(=O)COc2cccc(N)c2)CCC1=O. The molecule has 0 aliphatic carbocycles. The number of hydrogen-bond acceptors (Lipinski definition) is 4. The first kappa shape index (κ1) is 14.2. The number of rotatable bonds is 4. The molecule has 108 valence electrons. The minimum absolute atomic E-state index is 0.00496. The Balaban J connectivity index is 1.77. The van der Waals surface area contributed by atoms with Crippen molar-refractivity contribution in [1.82, 2.24) is 10.2 Å². The van der Waals surface area contributed by atoms with Crippen molar-refractivity contribution in [3.8, 4) is 5.75 Å². The van der Waals surface area contributed by atoms with Gasteiger partial charge < -0.3 is 20.7 Å². The van der Waals surface area contributed by atoms with Crippen molar-refractivity contribution in [3.05, 3.63) is 24.3 Å². The fraction of sp³-hybridized carbons (Fsp3) is 0.429. The van der Waals surface area contributed by atoms with Crippen LogP contribution in [0.2, 0.25) is 0 Å². The lowest BCUT2D eigenvalue weighted by Crippen LogP contribution is -2.49. The van der Waals surface area contributed by atoms with Crippen LogP contribution < -0.4 is 15.8 Å². The average molecular weight is 277 g/mol. The number of piperidine rings is 1. The second-order valence-corrected chi connectivity index (χ2v) is 4.94. The molecule has 0 radical (unpaired) electrons. The highest BCUT2D eigenvalue weighted by molar-refractivity contribution is 5.79. The number of likely N-dealkylation sites (N-methyl/N-ethyl adjacent to an activating group) is 1. The summed E-state index contributed by atoms with van der Waals surface area (Å²) >= 11 is 0. The molecule has 1 heterocycles. The smallest absolute Gasteiger partial charge is 0.258 e. The van der Waals surface area contributed by atoms with Crippen LogP contribution in [0, 0.1) is 0 Å². The van der Waals surface area contributed by atoms with E-state index in [2.05, 4.69) is 5.32 Å². The van der Waals surface area contributed by atoms with Gasteiger partial charge in [0.15, 0.2) is 6.61 Å². The Kier molecular flexibility index (Phi) is 4.45. The lowest BCUT2D eigenvalue weighted by molar-refractivity contribution is -0.134. The molecule has 1 aromatic carbocycles. The van der Waals surface area contributed by atoms with E-state index < -0.39 is 0 Å². The molecule has 1 fully saturated rings. The molecule has 6 nitrogen and oxygen atoms in total. The van der Waals surface area contributed by atoms with Crippen molar-refractivity contribution < 1.29 is 14.3 Å². The number of amides is 2. The van der Waals surface area contributed by atoms with Gasteiger partial charge in [0.1, 0.15) is 5.75 Å². The molecule has 0 bridgehead atoms. The van der Waals surface area contributed by atoms with Crippen LogP contribution in [-0.2, 0) is 9.59 Å². The molecule has 1 aliphatic rings. The molecule has 1 atom stereocenters. The van der Waals surface area contributed by atoms with E-state index in [-0.39, 0.29) is 24.5 Å². The van der Waals surface area contributed by atoms with Crippen LogP contribution in [-0.4, -0.2) is 43.0 Å². The summed E-state index contributed by atoms with van der Waals surface area (Å²) in [6.07, 6.45) is 1.14. The highest BCUT2D eigenvalue weighted by atomic mass is 16.5. The number of nitrogen functional groups attached to an aromatic ring is 1. The van der Waals surface area contributed by atoms with Gasteiger partial charge in [0.05, 0.1) is 0 Å². The summed E-state index contributed by atoms with van der Waals surface area (Å²) in [5, 5.41) is 2.87. The molecule has 1 saturated heterocycles. The zero-order valence-corrected chi connectivity index (χ0v) is 11.5. The molecule has 2 rings (SSSR count). The summed E-state index contributed by atoms with van der Waals surface area (Å²) in [6, 6.07) is 6.93. The monoisotopic (exact) mass is 277 g/mol. The molecule has 0 spiro atoms. The Morgan fingerprint density at radius 2 is 2.35 bits per heavy atom. The van der Waals surface area contributed by atoms with Gasteiger partial charge in [-0.2, -0.15) is 0 Å². The van der Waals surface area contributed by atoms with Gasteiger partial charge in [-0.1, -0.05) is 6.07 Å². The van der Waals surface area contributed by atoms with Gasteiger partial charge in [0.2, 0.25) is 5.91 Å². The molecular weight excluding hydrogens is 258 g/mol. The molecule has 1 unspecified atom stereocenters. The zero-order valence-electron chi connectivity index (χ0n) is 11.5. The Morgan fingerprint density at radius 1 is 1.55 bits per heavy atom. The second-order valence-electron chi connectivity index (χ2n) is 4.94. The summed E-state index contributed by atoms with van der Waals surface area (Å²) in [6.45, 7) is 0.487. The lowest BCUT2D eigenvalue weighted by atomic mass is 10.1. The predicted octanol–water partition coefficient (Wildman–Crippen LogP) is 0.385. The fourth-order valence-electron chi connectivity index (χ4n) is 2.15. The summed E-state index contributed by atoms with van der Waals surface area (Å²) in [5.74, 6) is 0.489. The first-order chi connectivity index (χ1) is 9.54. The number of nitrogens with two attached hydrogens (primary N) is 1. The van der Waals surface area contributed by atoms with Gasteiger partial charge >= 0.3 is 0 Å². The van der Waals surface area contributed by atoms with E-state index in [9.17, 15) is 9.59 Å². The maximum atomic E-state index is 11.8. The topological polar surface area (TPSA) is 84.7 Å². The number of nitrogens with one attached hydrogen (secondary N) is 1. The number of ether oxygens (including phenoxy) is 1. The standard InChI is InChI=1S/C14H19N3O3/c1-17-8-11(5-6-14(17)19)16-13(18)9-20-12-4-2-3-10(15)7-12/h2-4,7,11H,5-6,8-9,15H2,1H3,(H,16,18). The highest BCUT2D eigenvalue weighted by Crippen LogP contribution is 2.14. The van der Waals surface area contributed by atoms with Crippen LogP contribution in [0.15, 0.2) is 24.3 Å². The maximum absolute atomic E-state index is 11.8. The quantitative estimate of drug-likeness (QED) is 0.779. The third-order valence-electron chi connectivity index (χ3n) is 3.22. The van der Waals surface area contributed by atoms with Crippen molar-refractivity contribution >= 4 is 17.5 Å². The Labute approximate surface area is 117 Å². The van der Waals surface area contributed by atoms with Gasteiger partial charge in [-0.25, -0.2) is 0 Å². The lowest BCUT2D eigenvalue weighted by Gasteiger charge is -2.30. The summed E-state index contributed by atoms with van der Waals surface area (Å²) in [4.78, 5) is 24.8. The molecule has 20 heavy (non-hydrogen) atoms. The zero-order chi connectivity index (χ0) is 14.5. The number of hydrogen-bond donors (Lipinski definition) is 2. The van der Waals surface area contributed by atoms with Crippen molar-refractivity contribution in [3.63, 3.8) is 0 Å². The number of carbonyl (C=O) groups excluding carboxylic acids is 2. The van der Waals surface area contributed by atoms with Gasteiger partial charge in [-0.05, 0) is 18.6 Å². The fourth-order valence-corrected chi connectivity index (χ4v) is 2.15. The number of likely N-dealkylation sites (tertiary alicyclic amines) is 1. The molecular formula is C14H19N3O3. The van der Waals surface area contributed by atoms with E-state index >= 15 is 0 Å². The van der Waals surface area contributed by atoms with Gasteiger partial charge in [-0.3, -0.25) is 9.59 Å². The van der Waals surface area contributed by atoms with Crippen LogP contribution in [0.4, 0.5) is 5.69 Å². The first-order valence-corrected chi connectivity index (χ1v) is 6.56. The summed E-state index contributed by atoms with van der Waals surface area (Å²) in [7, 11) is 1.74. The highest BCUT2D eigenvalue weighted by Gasteiger charge is 2.23. The number of nitrogens with zero attached hydrogens (tertiary/aromatic N) is 1. The largest absolute Gasteiger partial charge is 0.484 e. The summed E-state index contributed by atoms with van der Waals surface area (Å²) in [5.41, 5.74) is 6.22. The van der Waals surface area contributed by atoms with E-state index in [1.807, 2.05) is 0 Å². The van der Waals surface area contributed by atoms with Gasteiger partial charge in [-0.15, -0.1) is 0 Å². The predicted molar refractivity (Wildman–Crippen MR) is 75.2 cm³/mol. The summed E-state index contributed by atoms with van der Waals surface area (Å²) < 4.78 is 5.37. The van der Waals surface area contributed by atoms with Crippen molar-refractivity contribution in [2.45, 2.75) is 18.9 Å². The third kappa shape index (κ3) is 3.88. The Hall–Kier alpha value is -2.24. The van der Waals surface area contributed by atoms with E-state index in [0.29, 0.717) is 30.8 Å². The van der Waals surface area contributed by atoms with E-state index in [1.165, 1.54) is 0 Å². The van der Waals surface area contributed by atoms with Crippen LogP contribution in [0.25, 0.3) is 0 Å². The minimum atomic E-state index is -0.194. The van der Waals surface area contributed by atoms with Crippen molar-refractivity contribution in [2.75, 3.05) is 25.9 Å². The molecule has 3 N–H and O–H groups in total. The van der Waals surface area contributed by atoms with E-state index in [4.69, 9.17) is 10.5 Å². The third-order valence-corrected chi connectivity index (χ3v) is 3.22. The maximum Gasteiger partial charge on any atom is 0.258 e. The first-order valence-electron chi connectivity index (χ1n) is 6.56. The van der Waals surface area contributed by atoms with Crippen molar-refractivity contribution in [2.24, 2.45) is 0 Å². The normalized spacial score (nSPS) is 18.8. The average Bonchev–Trinajstić information content (AvgIpc) is 2.41.